The maximum Gasteiger partial charge on any atom is 0.303 e. The Bertz CT molecular complexity index is 143. The third kappa shape index (κ3) is 11.4. The van der Waals surface area contributed by atoms with Gasteiger partial charge >= 0.3 is 5.97 Å². The predicted octanol–water partition coefficient (Wildman–Crippen LogP) is 2.69. The van der Waals surface area contributed by atoms with Crippen LogP contribution in [0, 0.1) is 5.92 Å². The summed E-state index contributed by atoms with van der Waals surface area (Å²) in [6.45, 7) is 5.91. The van der Waals surface area contributed by atoms with Crippen molar-refractivity contribution in [2.45, 2.75) is 46.0 Å². The van der Waals surface area contributed by atoms with Gasteiger partial charge in [-0.3, -0.25) is 4.79 Å². The van der Waals surface area contributed by atoms with Crippen LogP contribution in [0.4, 0.5) is 0 Å². The molecule has 3 nitrogen and oxygen atoms in total. The van der Waals surface area contributed by atoms with E-state index in [1.165, 1.54) is 6.42 Å². The second kappa shape index (κ2) is 9.00. The fraction of sp³-hybridized carbons (Fsp3) is 0.909. The number of carbonyl (C=O) groups is 1. The lowest BCUT2D eigenvalue weighted by Crippen LogP contribution is -2.00. The van der Waals surface area contributed by atoms with E-state index >= 15 is 0 Å². The number of hydrogen-bond acceptors (Lipinski definition) is 2. The van der Waals surface area contributed by atoms with Gasteiger partial charge in [0.2, 0.25) is 0 Å². The zero-order valence-corrected chi connectivity index (χ0v) is 9.29. The molecular formula is C11H22O3. The van der Waals surface area contributed by atoms with Crippen LogP contribution in [-0.4, -0.2) is 24.3 Å². The molecule has 0 rings (SSSR count). The Morgan fingerprint density at radius 3 is 2.43 bits per heavy atom. The first-order valence-electron chi connectivity index (χ1n) is 5.42. The first kappa shape index (κ1) is 13.4. The third-order valence-corrected chi connectivity index (χ3v) is 2.00. The van der Waals surface area contributed by atoms with Crippen molar-refractivity contribution in [3.05, 3.63) is 0 Å². The molecule has 0 spiro atoms. The lowest BCUT2D eigenvalue weighted by molar-refractivity contribution is -0.137. The van der Waals surface area contributed by atoms with Gasteiger partial charge in [0, 0.05) is 19.6 Å². The standard InChI is InChI=1S/C11H22O3/c1-10(2)6-5-9-14-8-4-3-7-11(12)13/h10H,3-9H2,1-2H3,(H,12,13). The molecule has 0 aromatic rings. The molecule has 0 saturated carbocycles. The summed E-state index contributed by atoms with van der Waals surface area (Å²) in [7, 11) is 0. The van der Waals surface area contributed by atoms with Gasteiger partial charge in [-0.2, -0.15) is 0 Å². The highest BCUT2D eigenvalue weighted by molar-refractivity contribution is 5.66. The fourth-order valence-electron chi connectivity index (χ4n) is 1.18. The van der Waals surface area contributed by atoms with Gasteiger partial charge in [0.25, 0.3) is 0 Å². The minimum atomic E-state index is -0.718. The summed E-state index contributed by atoms with van der Waals surface area (Å²) in [5.74, 6) is 0.0235. The van der Waals surface area contributed by atoms with Crippen molar-refractivity contribution >= 4 is 5.97 Å². The highest BCUT2D eigenvalue weighted by atomic mass is 16.5. The first-order chi connectivity index (χ1) is 6.63. The highest BCUT2D eigenvalue weighted by Crippen LogP contribution is 2.03. The molecule has 0 atom stereocenters. The Kier molecular flexibility index (Phi) is 8.64. The number of unbranched alkanes of at least 4 members (excludes halogenated alkanes) is 1. The second-order valence-corrected chi connectivity index (χ2v) is 4.00. The van der Waals surface area contributed by atoms with E-state index in [0.29, 0.717) is 6.61 Å². The number of ether oxygens (including phenoxy) is 1. The molecule has 84 valence electrons. The van der Waals surface area contributed by atoms with Crippen LogP contribution >= 0.6 is 0 Å². The summed E-state index contributed by atoms with van der Waals surface area (Å²) >= 11 is 0. The Labute approximate surface area is 86.5 Å². The molecule has 0 amide bonds. The van der Waals surface area contributed by atoms with Crippen LogP contribution in [0.15, 0.2) is 0 Å². The van der Waals surface area contributed by atoms with Gasteiger partial charge in [0.1, 0.15) is 0 Å². The van der Waals surface area contributed by atoms with Crippen LogP contribution in [0.5, 0.6) is 0 Å². The average molecular weight is 202 g/mol. The molecule has 1 N–H and O–H groups in total. The Morgan fingerprint density at radius 1 is 1.21 bits per heavy atom. The number of rotatable bonds is 9. The van der Waals surface area contributed by atoms with Crippen molar-refractivity contribution in [1.82, 2.24) is 0 Å². The molecule has 0 aliphatic heterocycles. The summed E-state index contributed by atoms with van der Waals surface area (Å²) in [5.41, 5.74) is 0. The van der Waals surface area contributed by atoms with Crippen molar-refractivity contribution < 1.29 is 14.6 Å². The van der Waals surface area contributed by atoms with E-state index in [-0.39, 0.29) is 6.42 Å². The molecule has 0 aromatic carbocycles. The molecule has 14 heavy (non-hydrogen) atoms. The van der Waals surface area contributed by atoms with E-state index in [2.05, 4.69) is 13.8 Å². The second-order valence-electron chi connectivity index (χ2n) is 4.00. The van der Waals surface area contributed by atoms with Crippen LogP contribution in [0.2, 0.25) is 0 Å². The maximum absolute atomic E-state index is 10.2. The number of carboxylic acid groups (broad SMARTS) is 1. The van der Waals surface area contributed by atoms with Crippen molar-refractivity contribution in [3.8, 4) is 0 Å². The van der Waals surface area contributed by atoms with Gasteiger partial charge in [-0.1, -0.05) is 13.8 Å². The van der Waals surface area contributed by atoms with Gasteiger partial charge in [0.05, 0.1) is 0 Å². The Morgan fingerprint density at radius 2 is 1.86 bits per heavy atom. The highest BCUT2D eigenvalue weighted by Gasteiger charge is 1.97. The molecule has 0 aliphatic rings. The summed E-state index contributed by atoms with van der Waals surface area (Å²) in [5, 5.41) is 8.37. The summed E-state index contributed by atoms with van der Waals surface area (Å²) in [6, 6.07) is 0. The number of carboxylic acids is 1. The molecule has 0 fully saturated rings. The summed E-state index contributed by atoms with van der Waals surface area (Å²) in [4.78, 5) is 10.2. The third-order valence-electron chi connectivity index (χ3n) is 2.00. The molecule has 0 saturated heterocycles. The number of hydrogen-bond donors (Lipinski definition) is 1. The van der Waals surface area contributed by atoms with Gasteiger partial charge in [-0.15, -0.1) is 0 Å². The fourth-order valence-corrected chi connectivity index (χ4v) is 1.18. The van der Waals surface area contributed by atoms with Crippen molar-refractivity contribution in [2.24, 2.45) is 5.92 Å². The molecular weight excluding hydrogens is 180 g/mol. The van der Waals surface area contributed by atoms with Gasteiger partial charge < -0.3 is 9.84 Å². The van der Waals surface area contributed by atoms with E-state index in [1.807, 2.05) is 0 Å². The molecule has 0 aromatic heterocycles. The van der Waals surface area contributed by atoms with Crippen molar-refractivity contribution in [3.63, 3.8) is 0 Å². The normalized spacial score (nSPS) is 10.8. The van der Waals surface area contributed by atoms with Crippen LogP contribution in [0.1, 0.15) is 46.0 Å². The van der Waals surface area contributed by atoms with Crippen LogP contribution in [0.3, 0.4) is 0 Å². The van der Waals surface area contributed by atoms with E-state index in [9.17, 15) is 4.79 Å². The monoisotopic (exact) mass is 202 g/mol. The zero-order chi connectivity index (χ0) is 10.8. The summed E-state index contributed by atoms with van der Waals surface area (Å²) < 4.78 is 5.37. The van der Waals surface area contributed by atoms with E-state index < -0.39 is 5.97 Å². The van der Waals surface area contributed by atoms with Crippen LogP contribution in [-0.2, 0) is 9.53 Å². The predicted molar refractivity (Wildman–Crippen MR) is 56.4 cm³/mol. The largest absolute Gasteiger partial charge is 0.481 e. The van der Waals surface area contributed by atoms with E-state index in [0.717, 1.165) is 31.8 Å². The minimum Gasteiger partial charge on any atom is -0.481 e. The number of aliphatic carboxylic acids is 1. The van der Waals surface area contributed by atoms with Crippen LogP contribution < -0.4 is 0 Å². The lowest BCUT2D eigenvalue weighted by Gasteiger charge is -2.05. The minimum absolute atomic E-state index is 0.259. The van der Waals surface area contributed by atoms with Gasteiger partial charge in [-0.05, 0) is 31.6 Å². The summed E-state index contributed by atoms with van der Waals surface area (Å²) in [6.07, 6.45) is 4.15. The Balaban J connectivity index is 2.96. The van der Waals surface area contributed by atoms with Crippen molar-refractivity contribution in [2.75, 3.05) is 13.2 Å². The van der Waals surface area contributed by atoms with Gasteiger partial charge in [0.15, 0.2) is 0 Å². The smallest absolute Gasteiger partial charge is 0.303 e. The Hall–Kier alpha value is -0.570. The zero-order valence-electron chi connectivity index (χ0n) is 9.29. The average Bonchev–Trinajstić information content (AvgIpc) is 2.08. The van der Waals surface area contributed by atoms with Crippen LogP contribution in [0.25, 0.3) is 0 Å². The molecule has 0 bridgehead atoms. The lowest BCUT2D eigenvalue weighted by atomic mass is 10.1. The van der Waals surface area contributed by atoms with Gasteiger partial charge in [-0.25, -0.2) is 0 Å². The SMILES string of the molecule is CC(C)CCCOCCCCC(=O)O. The first-order valence-corrected chi connectivity index (χ1v) is 5.42. The van der Waals surface area contributed by atoms with E-state index in [1.54, 1.807) is 0 Å². The topological polar surface area (TPSA) is 46.5 Å². The molecule has 3 heteroatoms. The molecule has 0 radical (unpaired) electrons. The molecule has 0 unspecified atom stereocenters. The quantitative estimate of drug-likeness (QED) is 0.585. The molecule has 0 heterocycles. The van der Waals surface area contributed by atoms with Crippen molar-refractivity contribution in [1.29, 1.82) is 0 Å². The molecule has 0 aliphatic carbocycles. The van der Waals surface area contributed by atoms with E-state index in [4.69, 9.17) is 9.84 Å². The maximum atomic E-state index is 10.2.